The van der Waals surface area contributed by atoms with E-state index in [-0.39, 0.29) is 52.9 Å². The van der Waals surface area contributed by atoms with Gasteiger partial charge in [-0.1, -0.05) is 17.7 Å². The Bertz CT molecular complexity index is 2000. The summed E-state index contributed by atoms with van der Waals surface area (Å²) in [5.41, 5.74) is 1.79. The molecule has 0 aliphatic carbocycles. The van der Waals surface area contributed by atoms with Gasteiger partial charge in [0.1, 0.15) is 30.1 Å². The normalized spacial score (nSPS) is 21.7. The number of nitrogens with one attached hydrogen (secondary N) is 1. The molecule has 2 aliphatic heterocycles. The van der Waals surface area contributed by atoms with Gasteiger partial charge in [-0.3, -0.25) is 9.88 Å². The van der Waals surface area contributed by atoms with Crippen LogP contribution in [0.25, 0.3) is 22.6 Å². The second-order valence-electron chi connectivity index (χ2n) is 12.4. The molecule has 10 nitrogen and oxygen atoms in total. The highest BCUT2D eigenvalue weighted by Gasteiger charge is 2.37. The van der Waals surface area contributed by atoms with Crippen LogP contribution < -0.4 is 4.74 Å². The number of aromatic amines is 1. The number of ether oxygens (including phenoxy) is 2. The first-order valence-electron chi connectivity index (χ1n) is 15.4. The van der Waals surface area contributed by atoms with Gasteiger partial charge in [-0.2, -0.15) is 13.2 Å². The molecule has 2 fully saturated rings. The number of nitrogens with zero attached hydrogens (tertiary/aromatic N) is 7. The topological polar surface area (TPSA) is 107 Å². The van der Waals surface area contributed by atoms with Crippen LogP contribution in [0, 0.1) is 11.6 Å². The highest BCUT2D eigenvalue weighted by molar-refractivity contribution is 6.30. The van der Waals surface area contributed by atoms with E-state index in [1.807, 2.05) is 9.47 Å². The van der Waals surface area contributed by atoms with Crippen molar-refractivity contribution >= 4 is 32.9 Å². The SMILES string of the molecule is Fc1cc(Cl)ccc1COc1nc(C2CCN(Cc3nc4cc(-c5nnc(C(F)(F)F)[nH]5)ncc4n3C[C@]3([SiH3])CCO3)CC2F)ccc1F. The number of alkyl halides is 4. The molecule has 0 amide bonds. The van der Waals surface area contributed by atoms with Crippen molar-refractivity contribution < 1.29 is 35.8 Å². The summed E-state index contributed by atoms with van der Waals surface area (Å²) < 4.78 is 97.2. The van der Waals surface area contributed by atoms with Crippen LogP contribution in [0.4, 0.5) is 26.3 Å². The third-order valence-corrected chi connectivity index (χ3v) is 10.2. The molecular weight excluding hydrogens is 694 g/mol. The third-order valence-electron chi connectivity index (χ3n) is 8.87. The molecule has 1 N–H and O–H groups in total. The Labute approximate surface area is 283 Å². The molecular formula is C31H29ClF6N8O2Si. The van der Waals surface area contributed by atoms with Gasteiger partial charge in [-0.15, -0.1) is 10.2 Å². The molecule has 258 valence electrons. The van der Waals surface area contributed by atoms with Crippen molar-refractivity contribution in [1.29, 1.82) is 0 Å². The Morgan fingerprint density at radius 1 is 1.10 bits per heavy atom. The molecule has 49 heavy (non-hydrogen) atoms. The van der Waals surface area contributed by atoms with E-state index in [1.165, 1.54) is 24.4 Å². The van der Waals surface area contributed by atoms with Gasteiger partial charge in [0.25, 0.3) is 5.88 Å². The zero-order valence-corrected chi connectivity index (χ0v) is 28.7. The van der Waals surface area contributed by atoms with E-state index in [1.54, 1.807) is 6.07 Å². The zero-order chi connectivity index (χ0) is 34.5. The highest BCUT2D eigenvalue weighted by atomic mass is 35.5. The molecule has 0 spiro atoms. The lowest BCUT2D eigenvalue weighted by atomic mass is 9.91. The second kappa shape index (κ2) is 13.0. The average molecular weight is 723 g/mol. The summed E-state index contributed by atoms with van der Waals surface area (Å²) in [5, 5.41) is 6.70. The summed E-state index contributed by atoms with van der Waals surface area (Å²) >= 11 is 5.80. The minimum absolute atomic E-state index is 0.0450. The lowest BCUT2D eigenvalue weighted by molar-refractivity contribution is -0.144. The molecule has 6 heterocycles. The van der Waals surface area contributed by atoms with E-state index in [0.29, 0.717) is 48.7 Å². The molecule has 7 rings (SSSR count). The first kappa shape index (κ1) is 33.4. The molecule has 2 saturated heterocycles. The quantitative estimate of drug-likeness (QED) is 0.168. The van der Waals surface area contributed by atoms with Gasteiger partial charge in [0.05, 0.1) is 34.7 Å². The molecule has 2 unspecified atom stereocenters. The third kappa shape index (κ3) is 7.02. The molecule has 1 aromatic carbocycles. The van der Waals surface area contributed by atoms with Crippen LogP contribution >= 0.6 is 11.6 Å². The summed E-state index contributed by atoms with van der Waals surface area (Å²) in [6.45, 7) is 1.68. The molecule has 0 radical (unpaired) electrons. The lowest BCUT2D eigenvalue weighted by Crippen LogP contribution is -2.48. The van der Waals surface area contributed by atoms with Crippen molar-refractivity contribution in [3.05, 3.63) is 82.2 Å². The van der Waals surface area contributed by atoms with Crippen LogP contribution in [-0.4, -0.2) is 80.9 Å². The van der Waals surface area contributed by atoms with Crippen LogP contribution in [0.2, 0.25) is 5.02 Å². The summed E-state index contributed by atoms with van der Waals surface area (Å²) in [4.78, 5) is 17.5. The number of piperidine rings is 1. The van der Waals surface area contributed by atoms with Gasteiger partial charge in [0.15, 0.2) is 11.6 Å². The smallest absolute Gasteiger partial charge is 0.451 e. The Hall–Kier alpha value is -4.06. The largest absolute Gasteiger partial charge is 0.471 e. The van der Waals surface area contributed by atoms with Crippen molar-refractivity contribution in [3.8, 4) is 17.4 Å². The van der Waals surface area contributed by atoms with Gasteiger partial charge in [0, 0.05) is 46.4 Å². The molecule has 18 heteroatoms. The van der Waals surface area contributed by atoms with Crippen molar-refractivity contribution in [2.24, 2.45) is 0 Å². The van der Waals surface area contributed by atoms with Crippen molar-refractivity contribution in [2.45, 2.75) is 56.0 Å². The fraction of sp³-hybridized carbons (Fsp3) is 0.387. The lowest BCUT2D eigenvalue weighted by Gasteiger charge is -2.40. The fourth-order valence-electron chi connectivity index (χ4n) is 6.09. The number of benzene rings is 1. The number of hydrogen-bond acceptors (Lipinski definition) is 8. The highest BCUT2D eigenvalue weighted by Crippen LogP contribution is 2.34. The van der Waals surface area contributed by atoms with E-state index in [4.69, 9.17) is 26.1 Å². The van der Waals surface area contributed by atoms with Crippen LogP contribution in [0.1, 0.15) is 41.7 Å². The first-order chi connectivity index (χ1) is 23.3. The van der Waals surface area contributed by atoms with Crippen molar-refractivity contribution in [3.63, 3.8) is 0 Å². The number of imidazole rings is 1. The molecule has 2 aliphatic rings. The Morgan fingerprint density at radius 3 is 2.61 bits per heavy atom. The van der Waals surface area contributed by atoms with E-state index >= 15 is 4.39 Å². The number of pyridine rings is 2. The zero-order valence-electron chi connectivity index (χ0n) is 25.9. The summed E-state index contributed by atoms with van der Waals surface area (Å²) in [5.74, 6) is -3.08. The van der Waals surface area contributed by atoms with E-state index in [0.717, 1.165) is 28.8 Å². The Morgan fingerprint density at radius 2 is 1.92 bits per heavy atom. The minimum Gasteiger partial charge on any atom is -0.471 e. The van der Waals surface area contributed by atoms with E-state index in [2.05, 4.69) is 25.1 Å². The fourth-order valence-corrected chi connectivity index (χ4v) is 6.97. The first-order valence-corrected chi connectivity index (χ1v) is 16.8. The maximum atomic E-state index is 15.8. The maximum absolute atomic E-state index is 15.8. The number of fused-ring (bicyclic) bond motifs is 1. The number of aromatic nitrogens is 7. The van der Waals surface area contributed by atoms with Gasteiger partial charge < -0.3 is 19.0 Å². The van der Waals surface area contributed by atoms with Crippen LogP contribution in [0.3, 0.4) is 0 Å². The average Bonchev–Trinajstić information content (AvgIpc) is 3.66. The van der Waals surface area contributed by atoms with Gasteiger partial charge >= 0.3 is 6.18 Å². The number of rotatable bonds is 9. The van der Waals surface area contributed by atoms with Crippen molar-refractivity contribution in [2.75, 3.05) is 19.7 Å². The number of H-pyrrole nitrogens is 1. The van der Waals surface area contributed by atoms with Crippen LogP contribution in [0.15, 0.2) is 42.6 Å². The van der Waals surface area contributed by atoms with E-state index < -0.39 is 35.7 Å². The molecule has 3 atom stereocenters. The van der Waals surface area contributed by atoms with Gasteiger partial charge in [0.2, 0.25) is 5.82 Å². The number of halogens is 7. The summed E-state index contributed by atoms with van der Waals surface area (Å²) in [6.07, 6.45) is -3.25. The Balaban J connectivity index is 1.08. The van der Waals surface area contributed by atoms with Crippen LogP contribution in [0.5, 0.6) is 5.88 Å². The van der Waals surface area contributed by atoms with Gasteiger partial charge in [-0.25, -0.2) is 23.1 Å². The minimum atomic E-state index is -4.69. The number of likely N-dealkylation sites (tertiary alicyclic amines) is 1. The van der Waals surface area contributed by atoms with Crippen molar-refractivity contribution in [1.82, 2.24) is 39.6 Å². The predicted molar refractivity (Wildman–Crippen MR) is 169 cm³/mol. The second-order valence-corrected chi connectivity index (χ2v) is 14.7. The van der Waals surface area contributed by atoms with Gasteiger partial charge in [-0.05, 0) is 49.7 Å². The summed E-state index contributed by atoms with van der Waals surface area (Å²) in [6, 6.07) is 8.19. The summed E-state index contributed by atoms with van der Waals surface area (Å²) in [7, 11) is 0.751. The molecule has 0 saturated carbocycles. The predicted octanol–water partition coefficient (Wildman–Crippen LogP) is 4.95. The number of hydrogen-bond donors (Lipinski definition) is 1. The standard InChI is InChI=1S/C31H29ClF6N8O2Si/c32-17-2-1-16(20(34)9-17)14-47-28-19(33)3-4-22(41-28)18-5-7-45(12-21(18)35)13-26-40-23-10-24(27-42-29(44-43-27)31(36,37)38)39-11-25(23)46(26)15-30(49)6-8-48-30/h1-4,9-11,18,21H,5-8,12-15H2,49H3,(H,42,43,44)/t18?,21?,30-/m1/s1. The van der Waals surface area contributed by atoms with Crippen LogP contribution in [-0.2, 0) is 30.6 Å². The molecule has 5 aromatic rings. The molecule has 4 aromatic heterocycles. The maximum Gasteiger partial charge on any atom is 0.451 e. The monoisotopic (exact) mass is 722 g/mol. The molecule has 0 bridgehead atoms. The van der Waals surface area contributed by atoms with E-state index in [9.17, 15) is 22.0 Å². The Kier molecular flexibility index (Phi) is 8.87.